The van der Waals surface area contributed by atoms with E-state index in [2.05, 4.69) is 39.0 Å². The molecule has 0 unspecified atom stereocenters. The molecule has 3 heterocycles. The Morgan fingerprint density at radius 1 is 1.21 bits per heavy atom. The monoisotopic (exact) mass is 322 g/mol. The van der Waals surface area contributed by atoms with Gasteiger partial charge >= 0.3 is 0 Å². The maximum absolute atomic E-state index is 4.71. The molecule has 1 aliphatic heterocycles. The highest BCUT2D eigenvalue weighted by molar-refractivity contribution is 5.75. The van der Waals surface area contributed by atoms with Crippen LogP contribution in [-0.2, 0) is 13.1 Å². The van der Waals surface area contributed by atoms with Crippen LogP contribution in [0.3, 0.4) is 0 Å². The minimum absolute atomic E-state index is 0.500. The molecular formula is C18H22N6. The van der Waals surface area contributed by atoms with Crippen LogP contribution in [0.5, 0.6) is 0 Å². The lowest BCUT2D eigenvalue weighted by molar-refractivity contribution is 0.509. The largest absolute Gasteiger partial charge is 0.326 e. The first-order valence-electron chi connectivity index (χ1n) is 8.59. The molecule has 1 N–H and O–H groups in total. The number of rotatable bonds is 5. The van der Waals surface area contributed by atoms with Gasteiger partial charge in [-0.1, -0.05) is 30.3 Å². The summed E-state index contributed by atoms with van der Waals surface area (Å²) in [6, 6.07) is 10.8. The summed E-state index contributed by atoms with van der Waals surface area (Å²) in [5.41, 5.74) is 3.13. The van der Waals surface area contributed by atoms with Gasteiger partial charge in [-0.15, -0.1) is 0 Å². The Morgan fingerprint density at radius 2 is 2.08 bits per heavy atom. The summed E-state index contributed by atoms with van der Waals surface area (Å²) in [6.45, 7) is 4.88. The summed E-state index contributed by atoms with van der Waals surface area (Å²) >= 11 is 0. The van der Waals surface area contributed by atoms with Crippen LogP contribution in [0.25, 0.3) is 22.8 Å². The van der Waals surface area contributed by atoms with Crippen LogP contribution in [-0.4, -0.2) is 36.9 Å². The highest BCUT2D eigenvalue weighted by Crippen LogP contribution is 2.30. The summed E-state index contributed by atoms with van der Waals surface area (Å²) in [7, 11) is 0. The van der Waals surface area contributed by atoms with Crippen molar-refractivity contribution in [3.8, 4) is 22.8 Å². The Morgan fingerprint density at radius 3 is 2.83 bits per heavy atom. The quantitative estimate of drug-likeness (QED) is 0.784. The van der Waals surface area contributed by atoms with Crippen LogP contribution >= 0.6 is 0 Å². The highest BCUT2D eigenvalue weighted by atomic mass is 15.3. The van der Waals surface area contributed by atoms with Gasteiger partial charge in [0.05, 0.1) is 12.0 Å². The Kier molecular flexibility index (Phi) is 4.13. The van der Waals surface area contributed by atoms with E-state index in [9.17, 15) is 0 Å². The van der Waals surface area contributed by atoms with Crippen LogP contribution in [0.15, 0.2) is 43.0 Å². The van der Waals surface area contributed by atoms with Crippen molar-refractivity contribution in [1.82, 2.24) is 29.6 Å². The van der Waals surface area contributed by atoms with Crippen LogP contribution in [0, 0.1) is 0 Å². The van der Waals surface area contributed by atoms with Gasteiger partial charge in [0.25, 0.3) is 0 Å². The minimum atomic E-state index is 0.500. The smallest absolute Gasteiger partial charge is 0.177 e. The second-order valence-corrected chi connectivity index (χ2v) is 6.15. The van der Waals surface area contributed by atoms with Crippen molar-refractivity contribution in [2.24, 2.45) is 0 Å². The van der Waals surface area contributed by atoms with E-state index in [0.29, 0.717) is 6.04 Å². The van der Waals surface area contributed by atoms with Gasteiger partial charge in [0.2, 0.25) is 0 Å². The molecule has 1 fully saturated rings. The maximum Gasteiger partial charge on any atom is 0.177 e. The third kappa shape index (κ3) is 2.73. The zero-order valence-corrected chi connectivity index (χ0v) is 13.9. The Labute approximate surface area is 141 Å². The predicted octanol–water partition coefficient (Wildman–Crippen LogP) is 2.58. The van der Waals surface area contributed by atoms with Crippen molar-refractivity contribution < 1.29 is 0 Å². The van der Waals surface area contributed by atoms with E-state index < -0.39 is 0 Å². The van der Waals surface area contributed by atoms with E-state index in [1.54, 1.807) is 6.33 Å². The van der Waals surface area contributed by atoms with Crippen molar-refractivity contribution >= 4 is 0 Å². The molecule has 6 nitrogen and oxygen atoms in total. The van der Waals surface area contributed by atoms with Crippen LogP contribution in [0.4, 0.5) is 0 Å². The van der Waals surface area contributed by atoms with E-state index in [1.807, 2.05) is 29.2 Å². The molecule has 0 aliphatic carbocycles. The molecule has 1 atom stereocenters. The minimum Gasteiger partial charge on any atom is -0.326 e. The molecule has 4 rings (SSSR count). The molecule has 0 amide bonds. The Hall–Kier alpha value is -2.47. The van der Waals surface area contributed by atoms with Crippen LogP contribution in [0.2, 0.25) is 0 Å². The zero-order valence-electron chi connectivity index (χ0n) is 13.9. The first-order valence-corrected chi connectivity index (χ1v) is 8.59. The first kappa shape index (κ1) is 15.1. The molecule has 1 saturated heterocycles. The summed E-state index contributed by atoms with van der Waals surface area (Å²) in [5, 5.41) is 7.91. The second-order valence-electron chi connectivity index (χ2n) is 6.15. The molecule has 0 bridgehead atoms. The number of nitrogens with one attached hydrogen (secondary N) is 1. The molecule has 0 spiro atoms. The number of imidazole rings is 1. The fourth-order valence-corrected chi connectivity index (χ4v) is 3.39. The molecule has 24 heavy (non-hydrogen) atoms. The molecule has 0 saturated carbocycles. The zero-order chi connectivity index (χ0) is 16.4. The lowest BCUT2D eigenvalue weighted by atomic mass is 10.1. The number of benzene rings is 1. The maximum atomic E-state index is 4.71. The average molecular weight is 322 g/mol. The molecular weight excluding hydrogens is 300 g/mol. The topological polar surface area (TPSA) is 60.6 Å². The fraction of sp³-hybridized carbons (Fsp3) is 0.389. The van der Waals surface area contributed by atoms with E-state index in [1.165, 1.54) is 12.8 Å². The molecule has 0 radical (unpaired) electrons. The lowest BCUT2D eigenvalue weighted by Crippen LogP contribution is -2.27. The summed E-state index contributed by atoms with van der Waals surface area (Å²) < 4.78 is 4.16. The summed E-state index contributed by atoms with van der Waals surface area (Å²) in [4.78, 5) is 9.24. The van der Waals surface area contributed by atoms with Gasteiger partial charge in [-0.05, 0) is 26.3 Å². The van der Waals surface area contributed by atoms with Crippen molar-refractivity contribution in [2.75, 3.05) is 6.54 Å². The number of hydrogen-bond acceptors (Lipinski definition) is 4. The van der Waals surface area contributed by atoms with Crippen LogP contribution in [0.1, 0.15) is 19.8 Å². The second kappa shape index (κ2) is 6.57. The number of aryl methyl sites for hydroxylation is 1. The molecule has 2 aromatic heterocycles. The molecule has 3 aromatic rings. The van der Waals surface area contributed by atoms with E-state index in [4.69, 9.17) is 4.98 Å². The van der Waals surface area contributed by atoms with Crippen molar-refractivity contribution in [2.45, 2.75) is 38.9 Å². The van der Waals surface area contributed by atoms with Gasteiger partial charge in [0.1, 0.15) is 12.0 Å². The van der Waals surface area contributed by atoms with E-state index in [-0.39, 0.29) is 0 Å². The van der Waals surface area contributed by atoms with E-state index >= 15 is 0 Å². The van der Waals surface area contributed by atoms with Crippen LogP contribution < -0.4 is 5.32 Å². The fourth-order valence-electron chi connectivity index (χ4n) is 3.39. The normalized spacial score (nSPS) is 17.5. The molecule has 124 valence electrons. The van der Waals surface area contributed by atoms with Crippen molar-refractivity contribution in [1.29, 1.82) is 0 Å². The van der Waals surface area contributed by atoms with E-state index in [0.717, 1.165) is 42.4 Å². The number of nitrogens with zero attached hydrogens (tertiary/aromatic N) is 5. The first-order chi connectivity index (χ1) is 11.9. The number of aromatic nitrogens is 5. The van der Waals surface area contributed by atoms with Gasteiger partial charge in [-0.3, -0.25) is 0 Å². The van der Waals surface area contributed by atoms with Crippen molar-refractivity contribution in [3.05, 3.63) is 43.0 Å². The molecule has 6 heteroatoms. The van der Waals surface area contributed by atoms with Gasteiger partial charge in [-0.2, -0.15) is 5.10 Å². The third-order valence-electron chi connectivity index (χ3n) is 4.59. The van der Waals surface area contributed by atoms with Gasteiger partial charge in [-0.25, -0.2) is 14.6 Å². The summed E-state index contributed by atoms with van der Waals surface area (Å²) in [5.74, 6) is 0.881. The van der Waals surface area contributed by atoms with Gasteiger partial charge < -0.3 is 9.88 Å². The summed E-state index contributed by atoms with van der Waals surface area (Å²) in [6.07, 6.45) is 6.01. The highest BCUT2D eigenvalue weighted by Gasteiger charge is 2.22. The molecule has 1 aromatic carbocycles. The molecule has 1 aliphatic rings. The standard InChI is InChI=1S/C18H22N6/c1-2-24-18(20-12-22-24)17-16(14-7-4-3-5-8-14)21-13-23(17)11-15-9-6-10-19-15/h3-5,7-8,12-13,15,19H,2,6,9-11H2,1H3/t15-/m1/s1. The average Bonchev–Trinajstić information content (AvgIpc) is 3.36. The third-order valence-corrected chi connectivity index (χ3v) is 4.59. The van der Waals surface area contributed by atoms with Gasteiger partial charge in [0, 0.05) is 24.7 Å². The van der Waals surface area contributed by atoms with Crippen molar-refractivity contribution in [3.63, 3.8) is 0 Å². The lowest BCUT2D eigenvalue weighted by Gasteiger charge is -2.15. The Bertz CT molecular complexity index is 798. The SMILES string of the molecule is CCn1ncnc1-c1c(-c2ccccc2)ncn1C[C@H]1CCCN1. The van der Waals surface area contributed by atoms with Gasteiger partial charge in [0.15, 0.2) is 5.82 Å². The predicted molar refractivity (Wildman–Crippen MR) is 93.4 cm³/mol. The number of hydrogen-bond donors (Lipinski definition) is 1. The Balaban J connectivity index is 1.81.